The molecule has 0 aromatic heterocycles. The molecule has 0 atom stereocenters. The normalized spacial score (nSPS) is 24.6. The van der Waals surface area contributed by atoms with Crippen LogP contribution in [0.15, 0.2) is 48.6 Å². The van der Waals surface area contributed by atoms with Crippen molar-refractivity contribution in [3.05, 3.63) is 48.6 Å². The zero-order valence-corrected chi connectivity index (χ0v) is 13.6. The van der Waals surface area contributed by atoms with Crippen LogP contribution in [0.25, 0.3) is 0 Å². The minimum atomic E-state index is 1.27. The van der Waals surface area contributed by atoms with E-state index in [2.05, 4.69) is 71.6 Å². The summed E-state index contributed by atoms with van der Waals surface area (Å²) in [5.74, 6) is 0. The van der Waals surface area contributed by atoms with Crippen LogP contribution in [-0.4, -0.2) is 7.11 Å². The summed E-state index contributed by atoms with van der Waals surface area (Å²) in [6, 6.07) is 0. The zero-order valence-electron chi connectivity index (χ0n) is 12.0. The van der Waals surface area contributed by atoms with Gasteiger partial charge in [0.15, 0.2) is 0 Å². The van der Waals surface area contributed by atoms with Crippen molar-refractivity contribution >= 4 is 0 Å². The van der Waals surface area contributed by atoms with Crippen LogP contribution < -0.4 is 0 Å². The fraction of sp³-hybridized carbons (Fsp3) is 0.529. The molecule has 1 nitrogen and oxygen atoms in total. The Kier molecular flexibility index (Phi) is 17.2. The summed E-state index contributed by atoms with van der Waals surface area (Å²) in [6.45, 7) is 0. The third-order valence-electron chi connectivity index (χ3n) is 2.75. The Morgan fingerprint density at radius 1 is 0.632 bits per heavy atom. The van der Waals surface area contributed by atoms with Gasteiger partial charge < -0.3 is 0 Å². The van der Waals surface area contributed by atoms with Gasteiger partial charge in [0.25, 0.3) is 0 Å². The molecule has 0 heterocycles. The Morgan fingerprint density at radius 2 is 0.842 bits per heavy atom. The van der Waals surface area contributed by atoms with Crippen molar-refractivity contribution in [3.63, 3.8) is 0 Å². The summed E-state index contributed by atoms with van der Waals surface area (Å²) in [4.78, 5) is 0. The first-order chi connectivity index (χ1) is 9.41. The van der Waals surface area contributed by atoms with Crippen molar-refractivity contribution in [1.29, 1.82) is 0 Å². The van der Waals surface area contributed by atoms with Crippen molar-refractivity contribution < 1.29 is 23.0 Å². The molecule has 0 fully saturated rings. The van der Waals surface area contributed by atoms with E-state index in [1.165, 1.54) is 51.4 Å². The molecule has 111 valence electrons. The van der Waals surface area contributed by atoms with Crippen molar-refractivity contribution in [2.75, 3.05) is 7.11 Å². The fourth-order valence-electron chi connectivity index (χ4n) is 1.75. The average Bonchev–Trinajstić information content (AvgIpc) is 2.28. The molecule has 0 radical (unpaired) electrons. The SMILES string of the molecule is C1=C\CCCC\C=C/1.C1=C\CCCC\C=C/1.C[O][Pd]. The molecule has 0 spiro atoms. The van der Waals surface area contributed by atoms with Gasteiger partial charge in [0.1, 0.15) is 0 Å². The molecule has 0 saturated heterocycles. The Hall–Kier alpha value is -0.418. The maximum atomic E-state index is 4.10. The van der Waals surface area contributed by atoms with Crippen LogP contribution in [0.3, 0.4) is 0 Å². The first kappa shape index (κ1) is 18.6. The van der Waals surface area contributed by atoms with E-state index in [4.69, 9.17) is 0 Å². The Balaban J connectivity index is 0.000000284. The van der Waals surface area contributed by atoms with E-state index in [-0.39, 0.29) is 0 Å². The third kappa shape index (κ3) is 17.6. The molecule has 19 heavy (non-hydrogen) atoms. The van der Waals surface area contributed by atoms with Crippen molar-refractivity contribution in [1.82, 2.24) is 0 Å². The van der Waals surface area contributed by atoms with Crippen LogP contribution in [0.2, 0.25) is 0 Å². The standard InChI is InChI=1S/2C8H12.CH3O.Pd/c2*1-2-4-6-8-7-5-3-1;1-2;/h2*1-4H,5-8H2;1H3;/q;;-1;+1/b2*3-1-,4-2-;;. The van der Waals surface area contributed by atoms with Crippen LogP contribution in [0.5, 0.6) is 0 Å². The van der Waals surface area contributed by atoms with Crippen molar-refractivity contribution in [2.24, 2.45) is 0 Å². The summed E-state index contributed by atoms with van der Waals surface area (Å²) in [5, 5.41) is 0. The van der Waals surface area contributed by atoms with Gasteiger partial charge >= 0.3 is 30.1 Å². The Morgan fingerprint density at radius 3 is 1.05 bits per heavy atom. The van der Waals surface area contributed by atoms with E-state index >= 15 is 0 Å². The summed E-state index contributed by atoms with van der Waals surface area (Å²) >= 11 is 2.44. The van der Waals surface area contributed by atoms with Gasteiger partial charge in [-0.2, -0.15) is 0 Å². The second-order valence-corrected chi connectivity index (χ2v) is 5.05. The fourth-order valence-corrected chi connectivity index (χ4v) is 1.75. The van der Waals surface area contributed by atoms with Gasteiger partial charge in [0, 0.05) is 0 Å². The second-order valence-electron chi connectivity index (χ2n) is 4.41. The van der Waals surface area contributed by atoms with Crippen LogP contribution in [0.4, 0.5) is 0 Å². The van der Waals surface area contributed by atoms with Gasteiger partial charge in [0.05, 0.1) is 0 Å². The molecule has 0 aromatic rings. The van der Waals surface area contributed by atoms with Gasteiger partial charge in [-0.1, -0.05) is 48.6 Å². The first-order valence-electron chi connectivity index (χ1n) is 7.17. The first-order valence-corrected chi connectivity index (χ1v) is 7.81. The third-order valence-corrected chi connectivity index (χ3v) is 2.75. The van der Waals surface area contributed by atoms with E-state index in [0.29, 0.717) is 0 Å². The molecule has 0 bridgehead atoms. The quantitative estimate of drug-likeness (QED) is 0.527. The Bertz CT molecular complexity index is 221. The van der Waals surface area contributed by atoms with E-state index in [1.54, 1.807) is 7.11 Å². The summed E-state index contributed by atoms with van der Waals surface area (Å²) in [5.41, 5.74) is 0. The zero-order chi connectivity index (χ0) is 14.0. The summed E-state index contributed by atoms with van der Waals surface area (Å²) < 4.78 is 4.10. The van der Waals surface area contributed by atoms with Gasteiger partial charge in [-0.15, -0.1) is 0 Å². The average molecular weight is 354 g/mol. The molecule has 2 rings (SSSR count). The molecule has 2 aliphatic rings. The maximum absolute atomic E-state index is 4.10. The van der Waals surface area contributed by atoms with Crippen LogP contribution in [0.1, 0.15) is 51.4 Å². The van der Waals surface area contributed by atoms with Gasteiger partial charge in [-0.05, 0) is 51.4 Å². The summed E-state index contributed by atoms with van der Waals surface area (Å²) in [7, 11) is 1.56. The summed E-state index contributed by atoms with van der Waals surface area (Å²) in [6.07, 6.45) is 28.0. The van der Waals surface area contributed by atoms with E-state index in [1.807, 2.05) is 0 Å². The number of rotatable bonds is 0. The number of hydrogen-bond acceptors (Lipinski definition) is 1. The molecule has 0 aromatic carbocycles. The van der Waals surface area contributed by atoms with E-state index < -0.39 is 0 Å². The molecular weight excluding hydrogens is 327 g/mol. The molecule has 0 N–H and O–H groups in total. The molecule has 0 saturated carbocycles. The monoisotopic (exact) mass is 353 g/mol. The molecule has 0 unspecified atom stereocenters. The van der Waals surface area contributed by atoms with Crippen molar-refractivity contribution in [2.45, 2.75) is 51.4 Å². The predicted molar refractivity (Wildman–Crippen MR) is 80.5 cm³/mol. The second kappa shape index (κ2) is 17.6. The van der Waals surface area contributed by atoms with Gasteiger partial charge in [-0.25, -0.2) is 0 Å². The van der Waals surface area contributed by atoms with Crippen LogP contribution >= 0.6 is 0 Å². The number of hydrogen-bond donors (Lipinski definition) is 0. The minimum absolute atomic E-state index is 1.27. The molecule has 2 aliphatic carbocycles. The molecule has 0 aliphatic heterocycles. The Labute approximate surface area is 130 Å². The topological polar surface area (TPSA) is 9.23 Å². The van der Waals surface area contributed by atoms with Gasteiger partial charge in [0.2, 0.25) is 0 Å². The van der Waals surface area contributed by atoms with E-state index in [9.17, 15) is 0 Å². The molecule has 0 amide bonds. The van der Waals surface area contributed by atoms with Crippen LogP contribution in [-0.2, 0) is 23.0 Å². The van der Waals surface area contributed by atoms with Crippen LogP contribution in [0, 0.1) is 0 Å². The van der Waals surface area contributed by atoms with E-state index in [0.717, 1.165) is 0 Å². The van der Waals surface area contributed by atoms with Crippen molar-refractivity contribution in [3.8, 4) is 0 Å². The molecular formula is C17H27OPd. The predicted octanol–water partition coefficient (Wildman–Crippen LogP) is 5.44. The number of allylic oxidation sites excluding steroid dienone is 8. The van der Waals surface area contributed by atoms with Gasteiger partial charge in [-0.3, -0.25) is 0 Å². The molecule has 2 heteroatoms.